The van der Waals surface area contributed by atoms with Crippen molar-refractivity contribution in [2.75, 3.05) is 26.4 Å². The van der Waals surface area contributed by atoms with Crippen LogP contribution in [0.1, 0.15) is 44.5 Å². The molecule has 0 atom stereocenters. The third kappa shape index (κ3) is 9.11. The fourth-order valence-electron chi connectivity index (χ4n) is 5.95. The highest BCUT2D eigenvalue weighted by Crippen LogP contribution is 2.41. The Labute approximate surface area is 308 Å². The van der Waals surface area contributed by atoms with E-state index < -0.39 is 103 Å². The number of aliphatic hydroxyl groups is 1. The van der Waals surface area contributed by atoms with Gasteiger partial charge < -0.3 is 29.9 Å². The number of aromatic hydroxyl groups is 3. The topological polar surface area (TPSA) is 317 Å². The molecule has 0 saturated carbocycles. The van der Waals surface area contributed by atoms with Crippen LogP contribution < -0.4 is 4.74 Å². The maximum absolute atomic E-state index is 12.5. The van der Waals surface area contributed by atoms with Crippen LogP contribution in [0.15, 0.2) is 68.1 Å². The average Bonchev–Trinajstić information content (AvgIpc) is 3.04. The summed E-state index contributed by atoms with van der Waals surface area (Å²) in [6.07, 6.45) is -2.60. The Morgan fingerprint density at radius 3 is 0.944 bits per heavy atom. The molecule has 1 aliphatic rings. The van der Waals surface area contributed by atoms with E-state index in [1.54, 1.807) is 0 Å². The smallest absolute Gasteiger partial charge is 0.294 e. The molecular weight excluding hydrogens is 801 g/mol. The van der Waals surface area contributed by atoms with Gasteiger partial charge in [0.05, 0.1) is 39.4 Å². The van der Waals surface area contributed by atoms with Crippen molar-refractivity contribution in [3.63, 3.8) is 0 Å². The zero-order valence-electron chi connectivity index (χ0n) is 27.6. The lowest BCUT2D eigenvalue weighted by atomic mass is 9.91. The van der Waals surface area contributed by atoms with Gasteiger partial charge in [-0.15, -0.1) is 0 Å². The first kappa shape index (κ1) is 40.8. The van der Waals surface area contributed by atoms with E-state index in [1.165, 1.54) is 0 Å². The molecule has 292 valence electrons. The van der Waals surface area contributed by atoms with Gasteiger partial charge in [-0.05, 0) is 48.5 Å². The number of phenols is 3. The molecule has 5 rings (SSSR count). The summed E-state index contributed by atoms with van der Waals surface area (Å²) in [6, 6.07) is 6.70. The second kappa shape index (κ2) is 15.1. The number of aliphatic hydroxyl groups excluding tert-OH is 1. The Morgan fingerprint density at radius 2 is 0.685 bits per heavy atom. The fourth-order valence-corrected chi connectivity index (χ4v) is 8.28. The molecule has 0 radical (unpaired) electrons. The number of rotatable bonds is 10. The Kier molecular flexibility index (Phi) is 11.4. The molecule has 0 aromatic heterocycles. The van der Waals surface area contributed by atoms with Gasteiger partial charge in [0.1, 0.15) is 29.6 Å². The van der Waals surface area contributed by atoms with Crippen molar-refractivity contribution in [3.05, 3.63) is 93.0 Å². The number of benzene rings is 4. The van der Waals surface area contributed by atoms with Crippen molar-refractivity contribution < 1.29 is 81.8 Å². The van der Waals surface area contributed by atoms with E-state index in [9.17, 15) is 67.2 Å². The molecular formula is C32H32O18S4. The summed E-state index contributed by atoms with van der Waals surface area (Å²) >= 11 is 0. The van der Waals surface area contributed by atoms with Gasteiger partial charge in [-0.1, -0.05) is 0 Å². The van der Waals surface area contributed by atoms with Crippen molar-refractivity contribution in [1.29, 1.82) is 0 Å². The average molecular weight is 833 g/mol. The molecule has 54 heavy (non-hydrogen) atoms. The fraction of sp³-hybridized carbons (Fsp3) is 0.250. The van der Waals surface area contributed by atoms with E-state index in [-0.39, 0.29) is 76.7 Å². The molecule has 8 bridgehead atoms. The van der Waals surface area contributed by atoms with E-state index in [0.29, 0.717) is 0 Å². The maximum atomic E-state index is 12.5. The monoisotopic (exact) mass is 832 g/mol. The van der Waals surface area contributed by atoms with Gasteiger partial charge in [0.15, 0.2) is 0 Å². The second-order valence-electron chi connectivity index (χ2n) is 12.1. The van der Waals surface area contributed by atoms with Gasteiger partial charge in [0, 0.05) is 70.2 Å². The van der Waals surface area contributed by atoms with Crippen LogP contribution in [-0.2, 0) is 70.9 Å². The summed E-state index contributed by atoms with van der Waals surface area (Å²) in [5.74, 6) is -2.24. The van der Waals surface area contributed by atoms with E-state index in [0.717, 1.165) is 48.5 Å². The number of phenolic OH excluding ortho intramolecular Hbond substituents is 3. The lowest BCUT2D eigenvalue weighted by Gasteiger charge is -2.21. The minimum atomic E-state index is -5.04. The number of ether oxygens (including phenoxy) is 2. The van der Waals surface area contributed by atoms with Crippen LogP contribution in [0.2, 0.25) is 0 Å². The first-order valence-corrected chi connectivity index (χ1v) is 21.1. The van der Waals surface area contributed by atoms with Crippen molar-refractivity contribution >= 4 is 40.5 Å². The van der Waals surface area contributed by atoms with E-state index in [1.807, 2.05) is 0 Å². The Balaban J connectivity index is 1.91. The molecule has 4 aromatic rings. The molecule has 0 unspecified atom stereocenters. The molecule has 0 aliphatic heterocycles. The lowest BCUT2D eigenvalue weighted by molar-refractivity contribution is 0.0701. The molecule has 4 aromatic carbocycles. The minimum Gasteiger partial charge on any atom is -0.507 e. The van der Waals surface area contributed by atoms with Crippen molar-refractivity contribution in [2.45, 2.75) is 45.3 Å². The summed E-state index contributed by atoms with van der Waals surface area (Å²) in [7, 11) is -20.2. The quantitative estimate of drug-likeness (QED) is 0.0735. The van der Waals surface area contributed by atoms with Crippen molar-refractivity contribution in [3.8, 4) is 23.0 Å². The van der Waals surface area contributed by atoms with Crippen LogP contribution in [-0.4, -0.2) is 98.7 Å². The van der Waals surface area contributed by atoms with Crippen molar-refractivity contribution in [1.82, 2.24) is 0 Å². The molecule has 0 spiro atoms. The maximum Gasteiger partial charge on any atom is 0.294 e. The van der Waals surface area contributed by atoms with E-state index >= 15 is 0 Å². The molecule has 0 saturated heterocycles. The molecule has 0 fully saturated rings. The van der Waals surface area contributed by atoms with Crippen LogP contribution >= 0.6 is 0 Å². The molecule has 8 N–H and O–H groups in total. The highest BCUT2D eigenvalue weighted by molar-refractivity contribution is 7.86. The molecule has 0 heterocycles. The Hall–Kier alpha value is -4.36. The SMILES string of the molecule is O=S(=O)(O)c1cc2c(O)c(c1)Cc1cc(S(=O)(=O)O)cc(c1O)Cc1cc(S(=O)(=O)O)cc(c1OCCOCCO)Cc1cc(S(=O)(=O)O)cc(c1O)C2. The summed E-state index contributed by atoms with van der Waals surface area (Å²) in [6.45, 7) is -0.852. The van der Waals surface area contributed by atoms with Crippen LogP contribution in [0.4, 0.5) is 0 Å². The van der Waals surface area contributed by atoms with Crippen LogP contribution in [0.5, 0.6) is 23.0 Å². The largest absolute Gasteiger partial charge is 0.507 e. The number of fused-ring (bicyclic) bond motifs is 8. The summed E-state index contributed by atoms with van der Waals surface area (Å²) < 4.78 is 151. The molecule has 0 amide bonds. The lowest BCUT2D eigenvalue weighted by Crippen LogP contribution is -2.13. The van der Waals surface area contributed by atoms with Gasteiger partial charge in [0.25, 0.3) is 40.5 Å². The second-order valence-corrected chi connectivity index (χ2v) is 17.8. The zero-order chi connectivity index (χ0) is 40.0. The van der Waals surface area contributed by atoms with Crippen molar-refractivity contribution in [2.24, 2.45) is 0 Å². The standard InChI is InChI=1S/C32H32O18S4/c33-1-2-49-3-4-50-32-23-7-21-13-26(52(40,41)42)11-19(30(21)35)5-17-9-25(51(37,38)39)10-18(29(17)34)6-20-12-27(53(43,44)45)14-22(31(20)36)8-24(32)16-28(15-23)54(46,47)48/h9-16,33-36H,1-8H2,(H,37,38,39)(H,40,41,42)(H,43,44,45)(H,46,47,48). The summed E-state index contributed by atoms with van der Waals surface area (Å²) in [5.41, 5.74) is -2.33. The van der Waals surface area contributed by atoms with Gasteiger partial charge in [-0.3, -0.25) is 18.2 Å². The first-order valence-electron chi connectivity index (χ1n) is 15.4. The third-order valence-corrected chi connectivity index (χ3v) is 11.7. The predicted molar refractivity (Wildman–Crippen MR) is 185 cm³/mol. The Bertz CT molecular complexity index is 2460. The first-order chi connectivity index (χ1) is 25.0. The van der Waals surface area contributed by atoms with Gasteiger partial charge in [0.2, 0.25) is 0 Å². The van der Waals surface area contributed by atoms with E-state index in [2.05, 4.69) is 0 Å². The highest BCUT2D eigenvalue weighted by atomic mass is 32.2. The Morgan fingerprint density at radius 1 is 0.426 bits per heavy atom. The van der Waals surface area contributed by atoms with Gasteiger partial charge in [-0.2, -0.15) is 33.7 Å². The summed E-state index contributed by atoms with van der Waals surface area (Å²) in [4.78, 5) is -3.15. The van der Waals surface area contributed by atoms with Gasteiger partial charge >= 0.3 is 0 Å². The zero-order valence-corrected chi connectivity index (χ0v) is 30.8. The number of hydrogen-bond donors (Lipinski definition) is 8. The normalized spacial score (nSPS) is 13.8. The molecule has 22 heteroatoms. The third-order valence-electron chi connectivity index (χ3n) is 8.36. The highest BCUT2D eigenvalue weighted by Gasteiger charge is 2.27. The van der Waals surface area contributed by atoms with Crippen LogP contribution in [0.25, 0.3) is 0 Å². The minimum absolute atomic E-state index is 0.0910. The summed E-state index contributed by atoms with van der Waals surface area (Å²) in [5, 5.41) is 43.4. The van der Waals surface area contributed by atoms with Crippen LogP contribution in [0, 0.1) is 0 Å². The number of hydrogen-bond acceptors (Lipinski definition) is 14. The van der Waals surface area contributed by atoms with Gasteiger partial charge in [-0.25, -0.2) is 0 Å². The van der Waals surface area contributed by atoms with E-state index in [4.69, 9.17) is 14.6 Å². The molecule has 18 nitrogen and oxygen atoms in total. The van der Waals surface area contributed by atoms with Crippen LogP contribution in [0.3, 0.4) is 0 Å². The predicted octanol–water partition coefficient (Wildman–Crippen LogP) is 1.85. The molecule has 1 aliphatic carbocycles.